The summed E-state index contributed by atoms with van der Waals surface area (Å²) in [4.78, 5) is 5.61. The van der Waals surface area contributed by atoms with Crippen molar-refractivity contribution in [2.24, 2.45) is 16.5 Å². The van der Waals surface area contributed by atoms with Crippen LogP contribution in [0.4, 0.5) is 0 Å². The first-order chi connectivity index (χ1) is 5.15. The van der Waals surface area contributed by atoms with Crippen molar-refractivity contribution in [3.05, 3.63) is 11.2 Å². The maximum absolute atomic E-state index is 5.67. The van der Waals surface area contributed by atoms with Crippen LogP contribution in [0.2, 0.25) is 0 Å². The zero-order valence-electron chi connectivity index (χ0n) is 6.29. The largest absolute Gasteiger partial charge is 0.369 e. The first kappa shape index (κ1) is 8.36. The summed E-state index contributed by atoms with van der Waals surface area (Å²) in [6.07, 6.45) is 1.41. The predicted molar refractivity (Wildman–Crippen MR) is 45.9 cm³/mol. The van der Waals surface area contributed by atoms with Crippen LogP contribution in [-0.2, 0) is 0 Å². The molecule has 0 radical (unpaired) electrons. The summed E-state index contributed by atoms with van der Waals surface area (Å²) in [5.74, 6) is 0.382. The van der Waals surface area contributed by atoms with Gasteiger partial charge in [-0.15, -0.1) is 0 Å². The van der Waals surface area contributed by atoms with Gasteiger partial charge in [-0.05, 0) is 13.0 Å². The van der Waals surface area contributed by atoms with Gasteiger partial charge in [0.25, 0.3) is 0 Å². The maximum atomic E-state index is 5.67. The number of halogens is 1. The topological polar surface area (TPSA) is 67.6 Å². The number of hydrogen-bond donors (Lipinski definition) is 2. The normalized spacial score (nSPS) is 24.6. The molecule has 1 heterocycles. The molecule has 0 amide bonds. The molecule has 1 aliphatic heterocycles. The van der Waals surface area contributed by atoms with Gasteiger partial charge in [-0.1, -0.05) is 11.6 Å². The fourth-order valence-corrected chi connectivity index (χ4v) is 1.18. The van der Waals surface area contributed by atoms with Crippen LogP contribution in [-0.4, -0.2) is 23.6 Å². The summed E-state index contributed by atoms with van der Waals surface area (Å²) < 4.78 is 0. The van der Waals surface area contributed by atoms with E-state index in [1.807, 2.05) is 6.92 Å². The molecule has 0 saturated carbocycles. The third-order valence-corrected chi connectivity index (χ3v) is 1.73. The van der Waals surface area contributed by atoms with Crippen LogP contribution < -0.4 is 11.5 Å². The van der Waals surface area contributed by atoms with Crippen molar-refractivity contribution in [1.82, 2.24) is 4.90 Å². The average Bonchev–Trinajstić information content (AvgIpc) is 1.85. The van der Waals surface area contributed by atoms with Crippen molar-refractivity contribution in [1.29, 1.82) is 0 Å². The van der Waals surface area contributed by atoms with Crippen molar-refractivity contribution in [2.45, 2.75) is 13.1 Å². The summed E-state index contributed by atoms with van der Waals surface area (Å²) in [7, 11) is 0. The molecular formula is C6H11ClN4. The average molecular weight is 175 g/mol. The Kier molecular flexibility index (Phi) is 2.36. The molecule has 1 aliphatic rings. The molecule has 0 bridgehead atoms. The van der Waals surface area contributed by atoms with Gasteiger partial charge in [0, 0.05) is 6.54 Å². The third-order valence-electron chi connectivity index (χ3n) is 1.52. The van der Waals surface area contributed by atoms with Crippen molar-refractivity contribution in [3.8, 4) is 0 Å². The minimum Gasteiger partial charge on any atom is -0.369 e. The number of nitrogens with two attached hydrogens (primary N) is 2. The standard InChI is InChI=1S/C6H11ClN4/c1-2-11-5(8)3-4(7)10-6(11)9/h3,5H,2,8H2,1H3,(H2,9,10). The van der Waals surface area contributed by atoms with E-state index in [1.54, 1.807) is 11.0 Å². The Morgan fingerprint density at radius 1 is 1.82 bits per heavy atom. The Morgan fingerprint density at radius 2 is 2.45 bits per heavy atom. The Morgan fingerprint density at radius 3 is 2.91 bits per heavy atom. The highest BCUT2D eigenvalue weighted by atomic mass is 35.5. The summed E-state index contributed by atoms with van der Waals surface area (Å²) >= 11 is 5.62. The first-order valence-corrected chi connectivity index (χ1v) is 3.76. The van der Waals surface area contributed by atoms with Crippen LogP contribution in [0.25, 0.3) is 0 Å². The van der Waals surface area contributed by atoms with Gasteiger partial charge in [-0.25, -0.2) is 4.99 Å². The molecule has 1 rings (SSSR count). The van der Waals surface area contributed by atoms with E-state index in [4.69, 9.17) is 23.1 Å². The van der Waals surface area contributed by atoms with Gasteiger partial charge < -0.3 is 16.4 Å². The molecule has 0 aromatic carbocycles. The zero-order valence-corrected chi connectivity index (χ0v) is 7.04. The van der Waals surface area contributed by atoms with Gasteiger partial charge in [0.2, 0.25) is 0 Å². The van der Waals surface area contributed by atoms with Gasteiger partial charge in [0.1, 0.15) is 11.3 Å². The maximum Gasteiger partial charge on any atom is 0.198 e. The molecule has 4 N–H and O–H groups in total. The summed E-state index contributed by atoms with van der Waals surface area (Å²) in [5.41, 5.74) is 11.2. The number of likely N-dealkylation sites (N-methyl/N-ethyl adjacent to an activating group) is 1. The van der Waals surface area contributed by atoms with E-state index in [1.165, 1.54) is 0 Å². The minimum atomic E-state index is -0.245. The predicted octanol–water partition coefficient (Wildman–Crippen LogP) is 0.00160. The van der Waals surface area contributed by atoms with Crippen LogP contribution >= 0.6 is 11.6 Å². The quantitative estimate of drug-likeness (QED) is 0.550. The van der Waals surface area contributed by atoms with Crippen molar-refractivity contribution >= 4 is 17.6 Å². The molecule has 4 nitrogen and oxygen atoms in total. The van der Waals surface area contributed by atoms with Gasteiger partial charge in [0.15, 0.2) is 5.96 Å². The SMILES string of the molecule is CCN1C(N)=NC(Cl)=CC1N. The summed E-state index contributed by atoms with van der Waals surface area (Å²) in [6, 6.07) is 0. The summed E-state index contributed by atoms with van der Waals surface area (Å²) in [6.45, 7) is 2.69. The minimum absolute atomic E-state index is 0.245. The molecule has 1 unspecified atom stereocenters. The molecule has 0 aromatic heterocycles. The van der Waals surface area contributed by atoms with Crippen LogP contribution in [0.3, 0.4) is 0 Å². The lowest BCUT2D eigenvalue weighted by atomic mass is 10.4. The van der Waals surface area contributed by atoms with Gasteiger partial charge >= 0.3 is 0 Å². The van der Waals surface area contributed by atoms with Gasteiger partial charge in [0.05, 0.1) is 0 Å². The van der Waals surface area contributed by atoms with E-state index < -0.39 is 0 Å². The monoisotopic (exact) mass is 174 g/mol. The van der Waals surface area contributed by atoms with Crippen molar-refractivity contribution < 1.29 is 0 Å². The van der Waals surface area contributed by atoms with Gasteiger partial charge in [-0.3, -0.25) is 0 Å². The second-order valence-corrected chi connectivity index (χ2v) is 2.62. The van der Waals surface area contributed by atoms with Gasteiger partial charge in [-0.2, -0.15) is 0 Å². The van der Waals surface area contributed by atoms with Crippen molar-refractivity contribution in [2.75, 3.05) is 6.54 Å². The molecule has 0 spiro atoms. The molecule has 11 heavy (non-hydrogen) atoms. The second kappa shape index (κ2) is 3.11. The lowest BCUT2D eigenvalue weighted by molar-refractivity contribution is 0.372. The lowest BCUT2D eigenvalue weighted by Gasteiger charge is -2.28. The van der Waals surface area contributed by atoms with E-state index in [2.05, 4.69) is 4.99 Å². The van der Waals surface area contributed by atoms with E-state index in [0.29, 0.717) is 11.1 Å². The number of aliphatic imine (C=N–C) groups is 1. The Bertz CT molecular complexity index is 211. The van der Waals surface area contributed by atoms with E-state index >= 15 is 0 Å². The van der Waals surface area contributed by atoms with Crippen LogP contribution in [0, 0.1) is 0 Å². The number of nitrogens with zero attached hydrogens (tertiary/aromatic N) is 2. The zero-order chi connectivity index (χ0) is 8.43. The molecule has 5 heteroatoms. The fourth-order valence-electron chi connectivity index (χ4n) is 0.967. The fraction of sp³-hybridized carbons (Fsp3) is 0.500. The summed E-state index contributed by atoms with van der Waals surface area (Å²) in [5, 5.41) is 0.361. The van der Waals surface area contributed by atoms with Crippen molar-refractivity contribution in [3.63, 3.8) is 0 Å². The van der Waals surface area contributed by atoms with E-state index in [9.17, 15) is 0 Å². The van der Waals surface area contributed by atoms with E-state index in [0.717, 1.165) is 6.54 Å². The number of rotatable bonds is 1. The molecule has 0 aromatic rings. The highest BCUT2D eigenvalue weighted by Gasteiger charge is 2.17. The van der Waals surface area contributed by atoms with E-state index in [-0.39, 0.29) is 6.17 Å². The van der Waals surface area contributed by atoms with Crippen LogP contribution in [0.5, 0.6) is 0 Å². The Labute approximate surface area is 70.5 Å². The number of guanidine groups is 1. The second-order valence-electron chi connectivity index (χ2n) is 2.24. The Balaban J connectivity index is 2.82. The molecule has 0 fully saturated rings. The van der Waals surface area contributed by atoms with Crippen LogP contribution in [0.15, 0.2) is 16.2 Å². The Hall–Kier alpha value is -0.740. The smallest absolute Gasteiger partial charge is 0.198 e. The highest BCUT2D eigenvalue weighted by molar-refractivity contribution is 6.30. The molecule has 62 valence electrons. The molecular weight excluding hydrogens is 164 g/mol. The van der Waals surface area contributed by atoms with Crippen LogP contribution in [0.1, 0.15) is 6.92 Å². The number of hydrogen-bond acceptors (Lipinski definition) is 4. The third kappa shape index (κ3) is 1.64. The first-order valence-electron chi connectivity index (χ1n) is 3.39. The lowest BCUT2D eigenvalue weighted by Crippen LogP contribution is -2.49. The highest BCUT2D eigenvalue weighted by Crippen LogP contribution is 2.11. The molecule has 0 saturated heterocycles. The molecule has 0 aliphatic carbocycles. The molecule has 1 atom stereocenters.